The second kappa shape index (κ2) is 7.38. The van der Waals surface area contributed by atoms with Gasteiger partial charge in [-0.2, -0.15) is 5.26 Å². The first kappa shape index (κ1) is 15.7. The number of carbonyl (C=O) groups is 2. The van der Waals surface area contributed by atoms with E-state index < -0.39 is 11.9 Å². The molecular formula is C16H15N2O4-. The van der Waals surface area contributed by atoms with Crippen LogP contribution in [0, 0.1) is 11.3 Å². The molecule has 1 N–H and O–H groups in total. The fourth-order valence-electron chi connectivity index (χ4n) is 2.14. The lowest BCUT2D eigenvalue weighted by Gasteiger charge is -2.10. The highest BCUT2D eigenvalue weighted by atomic mass is 16.5. The van der Waals surface area contributed by atoms with Crippen molar-refractivity contribution in [3.8, 4) is 6.07 Å². The van der Waals surface area contributed by atoms with Crippen LogP contribution in [0.1, 0.15) is 28.8 Å². The Morgan fingerprint density at radius 2 is 2.14 bits per heavy atom. The molecule has 6 nitrogen and oxygen atoms in total. The summed E-state index contributed by atoms with van der Waals surface area (Å²) >= 11 is 0. The maximum absolute atomic E-state index is 11.9. The summed E-state index contributed by atoms with van der Waals surface area (Å²) in [6.07, 6.45) is 3.29. The summed E-state index contributed by atoms with van der Waals surface area (Å²) < 4.78 is 5.39. The molecule has 0 radical (unpaired) electrons. The summed E-state index contributed by atoms with van der Waals surface area (Å²) in [7, 11) is 0. The number of carbonyl (C=O) groups excluding carboxylic acids is 2. The van der Waals surface area contributed by atoms with Gasteiger partial charge in [0.1, 0.15) is 11.6 Å². The summed E-state index contributed by atoms with van der Waals surface area (Å²) in [6.45, 7) is 1.08. The van der Waals surface area contributed by atoms with Crippen LogP contribution in [0.25, 0.3) is 6.08 Å². The summed E-state index contributed by atoms with van der Waals surface area (Å²) in [5, 5.41) is 22.4. The maximum Gasteiger partial charge on any atom is 0.262 e. The number of hydrogen-bond donors (Lipinski definition) is 1. The van der Waals surface area contributed by atoms with Crippen molar-refractivity contribution in [2.75, 3.05) is 13.2 Å². The third-order valence-electron chi connectivity index (χ3n) is 3.34. The zero-order valence-electron chi connectivity index (χ0n) is 11.9. The molecule has 6 heteroatoms. The minimum atomic E-state index is -1.27. The highest BCUT2D eigenvalue weighted by molar-refractivity contribution is 6.01. The van der Waals surface area contributed by atoms with Crippen molar-refractivity contribution in [1.29, 1.82) is 5.26 Å². The number of carboxylic acids is 1. The number of benzene rings is 1. The van der Waals surface area contributed by atoms with Crippen molar-refractivity contribution in [1.82, 2.24) is 5.32 Å². The first-order valence-electron chi connectivity index (χ1n) is 6.93. The average molecular weight is 299 g/mol. The van der Waals surface area contributed by atoms with Crippen molar-refractivity contribution in [2.45, 2.75) is 18.9 Å². The fourth-order valence-corrected chi connectivity index (χ4v) is 2.14. The molecule has 1 heterocycles. The highest BCUT2D eigenvalue weighted by Gasteiger charge is 2.17. The lowest BCUT2D eigenvalue weighted by atomic mass is 10.1. The van der Waals surface area contributed by atoms with E-state index in [0.717, 1.165) is 12.8 Å². The van der Waals surface area contributed by atoms with Gasteiger partial charge in [-0.15, -0.1) is 0 Å². The molecule has 0 spiro atoms. The van der Waals surface area contributed by atoms with Crippen molar-refractivity contribution < 1.29 is 19.4 Å². The van der Waals surface area contributed by atoms with Gasteiger partial charge in [-0.25, -0.2) is 0 Å². The summed E-state index contributed by atoms with van der Waals surface area (Å²) in [6, 6.07) is 7.59. The molecule has 1 atom stereocenters. The smallest absolute Gasteiger partial charge is 0.262 e. The van der Waals surface area contributed by atoms with Crippen LogP contribution in [0.2, 0.25) is 0 Å². The van der Waals surface area contributed by atoms with Gasteiger partial charge in [0.05, 0.1) is 12.1 Å². The van der Waals surface area contributed by atoms with E-state index in [1.54, 1.807) is 0 Å². The third-order valence-corrected chi connectivity index (χ3v) is 3.34. The Bertz CT molecular complexity index is 623. The van der Waals surface area contributed by atoms with Gasteiger partial charge in [0.25, 0.3) is 5.91 Å². The fraction of sp³-hybridized carbons (Fsp3) is 0.312. The number of nitriles is 1. The largest absolute Gasteiger partial charge is 0.545 e. The Hall–Kier alpha value is -2.65. The number of nitrogens with zero attached hydrogens (tertiary/aromatic N) is 1. The van der Waals surface area contributed by atoms with Crippen LogP contribution in [0.5, 0.6) is 0 Å². The van der Waals surface area contributed by atoms with Gasteiger partial charge < -0.3 is 20.0 Å². The van der Waals surface area contributed by atoms with Crippen LogP contribution in [0.15, 0.2) is 29.8 Å². The lowest BCUT2D eigenvalue weighted by molar-refractivity contribution is -0.255. The average Bonchev–Trinajstić information content (AvgIpc) is 3.04. The zero-order chi connectivity index (χ0) is 15.9. The molecule has 2 rings (SSSR count). The number of aromatic carboxylic acids is 1. The zero-order valence-corrected chi connectivity index (χ0v) is 11.9. The molecule has 1 aliphatic heterocycles. The quantitative estimate of drug-likeness (QED) is 0.620. The van der Waals surface area contributed by atoms with Gasteiger partial charge in [-0.05, 0) is 30.0 Å². The van der Waals surface area contributed by atoms with Gasteiger partial charge in [0.2, 0.25) is 0 Å². The topological polar surface area (TPSA) is 102 Å². The number of amides is 1. The lowest BCUT2D eigenvalue weighted by Crippen LogP contribution is -2.32. The van der Waals surface area contributed by atoms with Crippen LogP contribution in [-0.2, 0) is 9.53 Å². The molecule has 1 fully saturated rings. The van der Waals surface area contributed by atoms with Gasteiger partial charge in [-0.1, -0.05) is 24.3 Å². The molecule has 1 aromatic carbocycles. The van der Waals surface area contributed by atoms with Crippen molar-refractivity contribution >= 4 is 18.0 Å². The molecular weight excluding hydrogens is 284 g/mol. The van der Waals surface area contributed by atoms with Gasteiger partial charge in [-0.3, -0.25) is 4.79 Å². The molecule has 1 aromatic rings. The Labute approximate surface area is 128 Å². The second-order valence-electron chi connectivity index (χ2n) is 4.92. The van der Waals surface area contributed by atoms with Crippen LogP contribution >= 0.6 is 0 Å². The van der Waals surface area contributed by atoms with Crippen molar-refractivity contribution in [3.63, 3.8) is 0 Å². The van der Waals surface area contributed by atoms with E-state index in [1.165, 1.54) is 30.3 Å². The minimum Gasteiger partial charge on any atom is -0.545 e. The van der Waals surface area contributed by atoms with Crippen LogP contribution in [-0.4, -0.2) is 31.1 Å². The molecule has 22 heavy (non-hydrogen) atoms. The molecule has 1 amide bonds. The summed E-state index contributed by atoms with van der Waals surface area (Å²) in [5.74, 6) is -1.74. The second-order valence-corrected chi connectivity index (χ2v) is 4.92. The molecule has 0 aromatic heterocycles. The van der Waals surface area contributed by atoms with E-state index >= 15 is 0 Å². The predicted octanol–water partition coefficient (Wildman–Crippen LogP) is 0.252. The van der Waals surface area contributed by atoms with Crippen LogP contribution in [0.4, 0.5) is 0 Å². The predicted molar refractivity (Wildman–Crippen MR) is 76.3 cm³/mol. The molecule has 1 saturated heterocycles. The van der Waals surface area contributed by atoms with Crippen molar-refractivity contribution in [3.05, 3.63) is 41.0 Å². The SMILES string of the molecule is N#C/C(=C/c1ccc(C(=O)[O-])cc1)C(=O)NC[C@H]1CCCO1. The standard InChI is InChI=1S/C16H16N2O4/c17-9-13(15(19)18-10-14-2-1-7-22-14)8-11-3-5-12(6-4-11)16(20)21/h3-6,8,14H,1-2,7,10H2,(H,18,19)(H,20,21)/p-1/b13-8-/t14-/m1/s1. The van der Waals surface area contributed by atoms with E-state index in [9.17, 15) is 14.7 Å². The number of carboxylic acid groups (broad SMARTS) is 1. The van der Waals surface area contributed by atoms with E-state index in [4.69, 9.17) is 10.00 Å². The van der Waals surface area contributed by atoms with E-state index in [0.29, 0.717) is 18.7 Å². The van der Waals surface area contributed by atoms with Crippen LogP contribution in [0.3, 0.4) is 0 Å². The maximum atomic E-state index is 11.9. The van der Waals surface area contributed by atoms with Gasteiger partial charge >= 0.3 is 0 Å². The normalized spacial score (nSPS) is 17.8. The van der Waals surface area contributed by atoms with E-state index in [1.807, 2.05) is 6.07 Å². The Kier molecular flexibility index (Phi) is 5.28. The Morgan fingerprint density at radius 3 is 2.68 bits per heavy atom. The van der Waals surface area contributed by atoms with E-state index in [2.05, 4.69) is 5.32 Å². The van der Waals surface area contributed by atoms with E-state index in [-0.39, 0.29) is 17.2 Å². The minimum absolute atomic E-state index is 0.00578. The number of hydrogen-bond acceptors (Lipinski definition) is 5. The third kappa shape index (κ3) is 4.17. The Balaban J connectivity index is 2.01. The molecule has 114 valence electrons. The molecule has 1 aliphatic rings. The molecule has 0 saturated carbocycles. The summed E-state index contributed by atoms with van der Waals surface area (Å²) in [5.41, 5.74) is 0.562. The Morgan fingerprint density at radius 1 is 1.41 bits per heavy atom. The van der Waals surface area contributed by atoms with Crippen LogP contribution < -0.4 is 10.4 Å². The summed E-state index contributed by atoms with van der Waals surface area (Å²) in [4.78, 5) is 22.6. The van der Waals surface area contributed by atoms with Crippen molar-refractivity contribution in [2.24, 2.45) is 0 Å². The number of nitrogens with one attached hydrogen (secondary N) is 1. The first-order chi connectivity index (χ1) is 10.6. The van der Waals surface area contributed by atoms with Gasteiger partial charge in [0.15, 0.2) is 0 Å². The monoisotopic (exact) mass is 299 g/mol. The molecule has 0 bridgehead atoms. The highest BCUT2D eigenvalue weighted by Crippen LogP contribution is 2.12. The molecule has 0 unspecified atom stereocenters. The molecule has 0 aliphatic carbocycles. The number of rotatable bonds is 5. The number of ether oxygens (including phenoxy) is 1. The first-order valence-corrected chi connectivity index (χ1v) is 6.93. The van der Waals surface area contributed by atoms with Gasteiger partial charge in [0, 0.05) is 13.2 Å².